The lowest BCUT2D eigenvalue weighted by Gasteiger charge is -2.32. The Labute approximate surface area is 223 Å². The Morgan fingerprint density at radius 2 is 1.68 bits per heavy atom. The molecule has 1 aliphatic heterocycles. The molecule has 0 aliphatic carbocycles. The number of hydrogen-bond acceptors (Lipinski definition) is 3. The Bertz CT molecular complexity index is 1460. The number of aromatic carboxylic acids is 1. The number of nitrogens with zero attached hydrogens (tertiary/aromatic N) is 1. The molecule has 0 spiro atoms. The number of fused-ring (bicyclic) bond motifs is 1. The van der Waals surface area contributed by atoms with Crippen molar-refractivity contribution in [2.24, 2.45) is 0 Å². The van der Waals surface area contributed by atoms with Crippen LogP contribution in [0.25, 0.3) is 11.1 Å². The monoisotopic (exact) mass is 504 g/mol. The molecule has 0 saturated heterocycles. The van der Waals surface area contributed by atoms with Gasteiger partial charge in [-0.05, 0) is 78.8 Å². The topological polar surface area (TPSA) is 69.6 Å². The quantitative estimate of drug-likeness (QED) is 0.290. The van der Waals surface area contributed by atoms with Crippen LogP contribution in [0.4, 0.5) is 5.69 Å². The van der Waals surface area contributed by atoms with Gasteiger partial charge in [0.1, 0.15) is 0 Å². The van der Waals surface area contributed by atoms with Crippen LogP contribution in [-0.2, 0) is 13.0 Å². The number of carboxylic acids is 1. The summed E-state index contributed by atoms with van der Waals surface area (Å²) >= 11 is 0. The van der Waals surface area contributed by atoms with Crippen molar-refractivity contribution in [3.63, 3.8) is 0 Å². The maximum absolute atomic E-state index is 13.0. The van der Waals surface area contributed by atoms with Crippen LogP contribution in [0.5, 0.6) is 0 Å². The van der Waals surface area contributed by atoms with Gasteiger partial charge in [0.05, 0.1) is 11.6 Å². The van der Waals surface area contributed by atoms with Gasteiger partial charge in [-0.1, -0.05) is 72.3 Å². The summed E-state index contributed by atoms with van der Waals surface area (Å²) < 4.78 is 0. The molecule has 1 amide bonds. The molecule has 5 nitrogen and oxygen atoms in total. The van der Waals surface area contributed by atoms with E-state index in [2.05, 4.69) is 59.6 Å². The van der Waals surface area contributed by atoms with Crippen molar-refractivity contribution in [1.29, 1.82) is 0 Å². The summed E-state index contributed by atoms with van der Waals surface area (Å²) in [5, 5.41) is 12.6. The molecule has 4 aromatic carbocycles. The second-order valence-corrected chi connectivity index (χ2v) is 10.0. The Morgan fingerprint density at radius 3 is 2.42 bits per heavy atom. The van der Waals surface area contributed by atoms with Gasteiger partial charge in [0.15, 0.2) is 0 Å². The third-order valence-corrected chi connectivity index (χ3v) is 7.28. The molecule has 0 radical (unpaired) electrons. The number of anilines is 1. The number of carbonyl (C=O) groups excluding carboxylic acids is 1. The first-order valence-corrected chi connectivity index (χ1v) is 13.1. The SMILES string of the molecule is Cc1ccc([C@H](C)NC(=O)c2ccc3c(c2)CCCN3Cc2ccc(-c3ccccc3C(=O)O)cc2)cc1. The van der Waals surface area contributed by atoms with Crippen LogP contribution < -0.4 is 10.2 Å². The van der Waals surface area contributed by atoms with E-state index in [-0.39, 0.29) is 11.9 Å². The van der Waals surface area contributed by atoms with Crippen molar-refractivity contribution in [2.45, 2.75) is 39.3 Å². The van der Waals surface area contributed by atoms with Crippen LogP contribution >= 0.6 is 0 Å². The molecule has 2 N–H and O–H groups in total. The van der Waals surface area contributed by atoms with Gasteiger partial charge >= 0.3 is 5.97 Å². The van der Waals surface area contributed by atoms with Gasteiger partial charge in [0.2, 0.25) is 0 Å². The summed E-state index contributed by atoms with van der Waals surface area (Å²) in [6, 6.07) is 29.4. The molecule has 1 atom stereocenters. The van der Waals surface area contributed by atoms with E-state index in [1.165, 1.54) is 16.8 Å². The lowest BCUT2D eigenvalue weighted by molar-refractivity contribution is 0.0697. The first kappa shape index (κ1) is 25.3. The minimum Gasteiger partial charge on any atom is -0.478 e. The van der Waals surface area contributed by atoms with Gasteiger partial charge in [0.25, 0.3) is 5.91 Å². The van der Waals surface area contributed by atoms with Gasteiger partial charge in [0, 0.05) is 24.3 Å². The summed E-state index contributed by atoms with van der Waals surface area (Å²) in [4.78, 5) is 27.0. The Kier molecular flexibility index (Phi) is 7.27. The third kappa shape index (κ3) is 5.47. The van der Waals surface area contributed by atoms with Gasteiger partial charge in [-0.15, -0.1) is 0 Å². The molecule has 0 unspecified atom stereocenters. The van der Waals surface area contributed by atoms with Crippen molar-refractivity contribution in [2.75, 3.05) is 11.4 Å². The number of benzene rings is 4. The summed E-state index contributed by atoms with van der Waals surface area (Å²) in [5.74, 6) is -0.984. The van der Waals surface area contributed by atoms with E-state index in [4.69, 9.17) is 0 Å². The predicted molar refractivity (Wildman–Crippen MR) is 152 cm³/mol. The lowest BCUT2D eigenvalue weighted by Crippen LogP contribution is -2.30. The smallest absolute Gasteiger partial charge is 0.336 e. The van der Waals surface area contributed by atoms with Gasteiger partial charge < -0.3 is 15.3 Å². The molecular weight excluding hydrogens is 472 g/mol. The first-order valence-electron chi connectivity index (χ1n) is 13.1. The predicted octanol–water partition coefficient (Wildman–Crippen LogP) is 6.80. The molecule has 4 aromatic rings. The molecule has 0 bridgehead atoms. The van der Waals surface area contributed by atoms with Crippen molar-refractivity contribution in [3.8, 4) is 11.1 Å². The van der Waals surface area contributed by atoms with Crippen LogP contribution in [0.2, 0.25) is 0 Å². The summed E-state index contributed by atoms with van der Waals surface area (Å²) in [6.45, 7) is 5.77. The fourth-order valence-corrected chi connectivity index (χ4v) is 5.13. The fraction of sp³-hybridized carbons (Fsp3) is 0.212. The number of hydrogen-bond donors (Lipinski definition) is 2. The Hall–Kier alpha value is -4.38. The highest BCUT2D eigenvalue weighted by Gasteiger charge is 2.20. The number of nitrogens with one attached hydrogen (secondary N) is 1. The Balaban J connectivity index is 1.29. The van der Waals surface area contributed by atoms with E-state index in [9.17, 15) is 14.7 Å². The highest BCUT2D eigenvalue weighted by Crippen LogP contribution is 2.31. The molecule has 38 heavy (non-hydrogen) atoms. The van der Waals surface area contributed by atoms with Crippen molar-refractivity contribution >= 4 is 17.6 Å². The van der Waals surface area contributed by atoms with Crippen molar-refractivity contribution in [3.05, 3.63) is 124 Å². The zero-order chi connectivity index (χ0) is 26.6. The second kappa shape index (κ2) is 10.9. The molecule has 1 heterocycles. The zero-order valence-corrected chi connectivity index (χ0v) is 21.8. The first-order chi connectivity index (χ1) is 18.4. The highest BCUT2D eigenvalue weighted by atomic mass is 16.4. The van der Waals surface area contributed by atoms with E-state index in [0.717, 1.165) is 48.2 Å². The van der Waals surface area contributed by atoms with Crippen LogP contribution in [-0.4, -0.2) is 23.5 Å². The number of aryl methyl sites for hydroxylation is 2. The van der Waals surface area contributed by atoms with Gasteiger partial charge in [-0.2, -0.15) is 0 Å². The van der Waals surface area contributed by atoms with E-state index in [1.807, 2.05) is 43.3 Å². The molecule has 1 aliphatic rings. The molecule has 5 heteroatoms. The number of rotatable bonds is 7. The zero-order valence-electron chi connectivity index (χ0n) is 21.8. The average molecular weight is 505 g/mol. The van der Waals surface area contributed by atoms with Gasteiger partial charge in [-0.3, -0.25) is 4.79 Å². The average Bonchev–Trinajstić information content (AvgIpc) is 2.93. The van der Waals surface area contributed by atoms with E-state index >= 15 is 0 Å². The highest BCUT2D eigenvalue weighted by molar-refractivity contribution is 5.96. The van der Waals surface area contributed by atoms with Crippen molar-refractivity contribution in [1.82, 2.24) is 5.32 Å². The number of carbonyl (C=O) groups is 2. The van der Waals surface area contributed by atoms with Crippen LogP contribution in [0.3, 0.4) is 0 Å². The largest absolute Gasteiger partial charge is 0.478 e. The van der Waals surface area contributed by atoms with E-state index in [1.54, 1.807) is 12.1 Å². The van der Waals surface area contributed by atoms with Crippen LogP contribution in [0.1, 0.15) is 62.4 Å². The van der Waals surface area contributed by atoms with Crippen LogP contribution in [0.15, 0.2) is 91.0 Å². The van der Waals surface area contributed by atoms with Gasteiger partial charge in [-0.25, -0.2) is 4.79 Å². The molecule has 192 valence electrons. The third-order valence-electron chi connectivity index (χ3n) is 7.28. The second-order valence-electron chi connectivity index (χ2n) is 10.0. The van der Waals surface area contributed by atoms with Crippen LogP contribution in [0, 0.1) is 6.92 Å². The number of carboxylic acid groups (broad SMARTS) is 1. The Morgan fingerprint density at radius 1 is 0.947 bits per heavy atom. The minimum absolute atomic E-state index is 0.0600. The van der Waals surface area contributed by atoms with E-state index in [0.29, 0.717) is 11.1 Å². The van der Waals surface area contributed by atoms with Crippen molar-refractivity contribution < 1.29 is 14.7 Å². The lowest BCUT2D eigenvalue weighted by atomic mass is 9.97. The molecular formula is C33H32N2O3. The fourth-order valence-electron chi connectivity index (χ4n) is 5.13. The molecule has 5 rings (SSSR count). The molecule has 0 fully saturated rings. The summed E-state index contributed by atoms with van der Waals surface area (Å²) in [7, 11) is 0. The summed E-state index contributed by atoms with van der Waals surface area (Å²) in [5.41, 5.74) is 8.40. The number of amides is 1. The maximum Gasteiger partial charge on any atom is 0.336 e. The molecule has 0 saturated carbocycles. The summed E-state index contributed by atoms with van der Waals surface area (Å²) in [6.07, 6.45) is 1.98. The molecule has 0 aromatic heterocycles. The maximum atomic E-state index is 13.0. The standard InChI is InChI=1S/C33H32N2O3/c1-22-9-13-25(14-10-22)23(2)34-32(36)28-17-18-31-27(20-28)6-5-19-35(31)21-24-11-15-26(16-12-24)29-7-3-4-8-30(29)33(37)38/h3-4,7-18,20,23H,5-6,19,21H2,1-2H3,(H,34,36)(H,37,38)/t23-/m0/s1. The minimum atomic E-state index is -0.924. The normalized spacial score (nSPS) is 13.5. The van der Waals surface area contributed by atoms with E-state index < -0.39 is 5.97 Å².